The van der Waals surface area contributed by atoms with E-state index in [2.05, 4.69) is 28.2 Å². The molecule has 5 nitrogen and oxygen atoms in total. The average Bonchev–Trinajstić information content (AvgIpc) is 2.64. The van der Waals surface area contributed by atoms with Crippen LogP contribution in [0, 0.1) is 0 Å². The molecule has 132 valence electrons. The van der Waals surface area contributed by atoms with Crippen molar-refractivity contribution in [1.29, 1.82) is 0 Å². The van der Waals surface area contributed by atoms with Gasteiger partial charge in [0, 0.05) is 26.2 Å². The summed E-state index contributed by atoms with van der Waals surface area (Å²) >= 11 is 0. The van der Waals surface area contributed by atoms with Gasteiger partial charge in [-0.15, -0.1) is 0 Å². The van der Waals surface area contributed by atoms with Crippen LogP contribution in [0.2, 0.25) is 0 Å². The number of carbonyl (C=O) groups excluding carboxylic acids is 1. The number of benzene rings is 2. The summed E-state index contributed by atoms with van der Waals surface area (Å²) in [4.78, 5) is 17.2. The Kier molecular flexibility index (Phi) is 5.56. The molecule has 1 N–H and O–H groups in total. The van der Waals surface area contributed by atoms with Gasteiger partial charge in [0.05, 0.1) is 11.4 Å². The quantitative estimate of drug-likeness (QED) is 0.910. The number of ether oxygens (including phenoxy) is 1. The van der Waals surface area contributed by atoms with E-state index in [9.17, 15) is 4.79 Å². The van der Waals surface area contributed by atoms with E-state index in [0.717, 1.165) is 37.6 Å². The molecule has 1 heterocycles. The number of nitrogens with one attached hydrogen (secondary N) is 1. The van der Waals surface area contributed by atoms with Gasteiger partial charge >= 0.3 is 0 Å². The van der Waals surface area contributed by atoms with E-state index in [-0.39, 0.29) is 5.91 Å². The summed E-state index contributed by atoms with van der Waals surface area (Å²) in [5, 5.41) is 3.02. The highest BCUT2D eigenvalue weighted by Gasteiger charge is 2.20. The summed E-state index contributed by atoms with van der Waals surface area (Å²) in [6.45, 7) is 5.73. The average molecular weight is 339 g/mol. The Morgan fingerprint density at radius 1 is 1.00 bits per heavy atom. The second kappa shape index (κ2) is 8.03. The lowest BCUT2D eigenvalue weighted by Gasteiger charge is -2.35. The molecule has 0 saturated carbocycles. The minimum Gasteiger partial charge on any atom is -0.481 e. The Morgan fingerprint density at radius 3 is 2.36 bits per heavy atom. The van der Waals surface area contributed by atoms with Crippen molar-refractivity contribution < 1.29 is 9.53 Å². The summed E-state index contributed by atoms with van der Waals surface area (Å²) in [6.07, 6.45) is -0.567. The standard InChI is InChI=1S/C20H25N3O2/c1-16(25-17-8-4-3-5-9-17)20(24)21-18-10-6-7-11-19(18)23-14-12-22(2)13-15-23/h3-11,16H,12-15H2,1-2H3,(H,21,24). The second-order valence-electron chi connectivity index (χ2n) is 6.37. The molecule has 3 rings (SSSR count). The van der Waals surface area contributed by atoms with E-state index in [4.69, 9.17) is 4.74 Å². The predicted octanol–water partition coefficient (Wildman–Crippen LogP) is 2.84. The topological polar surface area (TPSA) is 44.8 Å². The zero-order valence-electron chi connectivity index (χ0n) is 14.8. The number of amides is 1. The van der Waals surface area contributed by atoms with Crippen molar-refractivity contribution in [2.24, 2.45) is 0 Å². The van der Waals surface area contributed by atoms with E-state index in [0.29, 0.717) is 5.75 Å². The third-order valence-electron chi connectivity index (χ3n) is 4.43. The number of carbonyl (C=O) groups is 1. The van der Waals surface area contributed by atoms with Gasteiger partial charge in [-0.2, -0.15) is 0 Å². The lowest BCUT2D eigenvalue weighted by Crippen LogP contribution is -2.44. The number of hydrogen-bond donors (Lipinski definition) is 1. The van der Waals surface area contributed by atoms with Crippen LogP contribution >= 0.6 is 0 Å². The molecule has 0 aliphatic carbocycles. The van der Waals surface area contributed by atoms with E-state index < -0.39 is 6.10 Å². The van der Waals surface area contributed by atoms with Crippen molar-refractivity contribution in [3.63, 3.8) is 0 Å². The van der Waals surface area contributed by atoms with Crippen LogP contribution in [0.15, 0.2) is 54.6 Å². The fourth-order valence-electron chi connectivity index (χ4n) is 2.89. The SMILES string of the molecule is CC(Oc1ccccc1)C(=O)Nc1ccccc1N1CCN(C)CC1. The van der Waals surface area contributed by atoms with Gasteiger partial charge in [0.2, 0.25) is 0 Å². The highest BCUT2D eigenvalue weighted by molar-refractivity contribution is 5.97. The van der Waals surface area contributed by atoms with Crippen molar-refractivity contribution in [2.75, 3.05) is 43.4 Å². The Hall–Kier alpha value is -2.53. The first-order valence-corrected chi connectivity index (χ1v) is 8.68. The van der Waals surface area contributed by atoms with E-state index in [1.165, 1.54) is 0 Å². The Morgan fingerprint density at radius 2 is 1.64 bits per heavy atom. The third-order valence-corrected chi connectivity index (χ3v) is 4.43. The fourth-order valence-corrected chi connectivity index (χ4v) is 2.89. The van der Waals surface area contributed by atoms with E-state index >= 15 is 0 Å². The van der Waals surface area contributed by atoms with Crippen LogP contribution in [-0.2, 0) is 4.79 Å². The number of nitrogens with zero attached hydrogens (tertiary/aromatic N) is 2. The molecule has 1 atom stereocenters. The lowest BCUT2D eigenvalue weighted by atomic mass is 10.2. The summed E-state index contributed by atoms with van der Waals surface area (Å²) < 4.78 is 5.72. The first-order chi connectivity index (χ1) is 12.1. The third kappa shape index (κ3) is 4.51. The van der Waals surface area contributed by atoms with Crippen molar-refractivity contribution in [3.8, 4) is 5.75 Å². The van der Waals surface area contributed by atoms with Crippen LogP contribution in [0.5, 0.6) is 5.75 Å². The van der Waals surface area contributed by atoms with Gasteiger partial charge in [0.1, 0.15) is 5.75 Å². The molecule has 5 heteroatoms. The maximum absolute atomic E-state index is 12.5. The van der Waals surface area contributed by atoms with Crippen LogP contribution in [0.25, 0.3) is 0 Å². The number of piperazine rings is 1. The number of rotatable bonds is 5. The van der Waals surface area contributed by atoms with Crippen LogP contribution in [-0.4, -0.2) is 50.1 Å². The second-order valence-corrected chi connectivity index (χ2v) is 6.37. The van der Waals surface area contributed by atoms with E-state index in [1.54, 1.807) is 6.92 Å². The van der Waals surface area contributed by atoms with E-state index in [1.807, 2.05) is 48.5 Å². The number of hydrogen-bond acceptors (Lipinski definition) is 4. The lowest BCUT2D eigenvalue weighted by molar-refractivity contribution is -0.122. The molecular weight excluding hydrogens is 314 g/mol. The number of likely N-dealkylation sites (N-methyl/N-ethyl adjacent to an activating group) is 1. The smallest absolute Gasteiger partial charge is 0.265 e. The molecule has 0 bridgehead atoms. The van der Waals surface area contributed by atoms with Crippen molar-refractivity contribution >= 4 is 17.3 Å². The molecule has 1 unspecified atom stereocenters. The Balaban J connectivity index is 1.67. The molecule has 0 aromatic heterocycles. The predicted molar refractivity (Wildman–Crippen MR) is 101 cm³/mol. The van der Waals surface area contributed by atoms with Gasteiger partial charge in [-0.25, -0.2) is 0 Å². The first kappa shape index (κ1) is 17.3. The summed E-state index contributed by atoms with van der Waals surface area (Å²) in [6, 6.07) is 17.4. The van der Waals surface area contributed by atoms with Crippen LogP contribution in [0.1, 0.15) is 6.92 Å². The number of anilines is 2. The van der Waals surface area contributed by atoms with Crippen molar-refractivity contribution in [2.45, 2.75) is 13.0 Å². The molecule has 1 aliphatic heterocycles. The molecule has 0 spiro atoms. The first-order valence-electron chi connectivity index (χ1n) is 8.68. The maximum atomic E-state index is 12.5. The van der Waals surface area contributed by atoms with Gasteiger partial charge in [-0.05, 0) is 38.2 Å². The fraction of sp³-hybridized carbons (Fsp3) is 0.350. The highest BCUT2D eigenvalue weighted by atomic mass is 16.5. The minimum atomic E-state index is -0.567. The maximum Gasteiger partial charge on any atom is 0.265 e. The molecular formula is C20H25N3O2. The summed E-state index contributed by atoms with van der Waals surface area (Å²) in [7, 11) is 2.13. The monoisotopic (exact) mass is 339 g/mol. The minimum absolute atomic E-state index is 0.148. The highest BCUT2D eigenvalue weighted by Crippen LogP contribution is 2.26. The van der Waals surface area contributed by atoms with Gasteiger partial charge < -0.3 is 19.9 Å². The zero-order chi connectivity index (χ0) is 17.6. The molecule has 1 fully saturated rings. The molecule has 25 heavy (non-hydrogen) atoms. The van der Waals surface area contributed by atoms with Gasteiger partial charge in [0.15, 0.2) is 6.10 Å². The normalized spacial score (nSPS) is 16.3. The van der Waals surface area contributed by atoms with Crippen LogP contribution in [0.4, 0.5) is 11.4 Å². The molecule has 2 aromatic carbocycles. The van der Waals surface area contributed by atoms with Crippen molar-refractivity contribution in [3.05, 3.63) is 54.6 Å². The molecule has 0 radical (unpaired) electrons. The van der Waals surface area contributed by atoms with Gasteiger partial charge in [0.25, 0.3) is 5.91 Å². The Labute approximate surface area is 149 Å². The molecule has 1 saturated heterocycles. The van der Waals surface area contributed by atoms with Crippen LogP contribution < -0.4 is 15.0 Å². The summed E-state index contributed by atoms with van der Waals surface area (Å²) in [5.41, 5.74) is 1.90. The molecule has 1 amide bonds. The molecule has 2 aromatic rings. The van der Waals surface area contributed by atoms with Crippen LogP contribution in [0.3, 0.4) is 0 Å². The number of para-hydroxylation sites is 3. The molecule has 1 aliphatic rings. The van der Waals surface area contributed by atoms with Crippen molar-refractivity contribution in [1.82, 2.24) is 4.90 Å². The Bertz CT molecular complexity index is 697. The zero-order valence-corrected chi connectivity index (χ0v) is 14.8. The summed E-state index contributed by atoms with van der Waals surface area (Å²) in [5.74, 6) is 0.544. The largest absolute Gasteiger partial charge is 0.481 e. The van der Waals surface area contributed by atoms with Gasteiger partial charge in [-0.1, -0.05) is 30.3 Å². The van der Waals surface area contributed by atoms with Gasteiger partial charge in [-0.3, -0.25) is 4.79 Å².